The van der Waals surface area contributed by atoms with Crippen molar-refractivity contribution in [3.8, 4) is 0 Å². The third-order valence-corrected chi connectivity index (χ3v) is 4.62. The van der Waals surface area contributed by atoms with Crippen LogP contribution in [0.15, 0.2) is 16.8 Å². The van der Waals surface area contributed by atoms with Crippen LogP contribution >= 0.6 is 11.3 Å². The van der Waals surface area contributed by atoms with E-state index < -0.39 is 0 Å². The van der Waals surface area contributed by atoms with Gasteiger partial charge in [-0.05, 0) is 48.1 Å². The first kappa shape index (κ1) is 10.3. The molecule has 86 valence electrons. The Morgan fingerprint density at radius 2 is 2.19 bits per heavy atom. The Labute approximate surface area is 100 Å². The van der Waals surface area contributed by atoms with Crippen LogP contribution < -0.4 is 0 Å². The lowest BCUT2D eigenvalue weighted by atomic mass is 9.84. The second kappa shape index (κ2) is 4.21. The Morgan fingerprint density at radius 3 is 2.81 bits per heavy atom. The summed E-state index contributed by atoms with van der Waals surface area (Å²) in [5.74, 6) is 0.763. The molecule has 1 atom stereocenters. The van der Waals surface area contributed by atoms with Crippen LogP contribution in [0.5, 0.6) is 0 Å². The van der Waals surface area contributed by atoms with E-state index in [4.69, 9.17) is 0 Å². The fraction of sp³-hybridized carbons (Fsp3) is 0.615. The average Bonchev–Trinajstić information content (AvgIpc) is 2.85. The standard InChI is InChI=1S/C13H17NOS/c15-13(10-3-1-4-10)14-7-2-5-12(14)11-6-8-16-9-11/h6,8-10,12H,1-5,7H2. The van der Waals surface area contributed by atoms with Crippen LogP contribution in [0, 0.1) is 5.92 Å². The number of carbonyl (C=O) groups is 1. The zero-order chi connectivity index (χ0) is 11.0. The van der Waals surface area contributed by atoms with Crippen LogP contribution in [0.2, 0.25) is 0 Å². The van der Waals surface area contributed by atoms with Crippen molar-refractivity contribution in [2.24, 2.45) is 5.92 Å². The molecule has 1 aliphatic heterocycles. The lowest BCUT2D eigenvalue weighted by Crippen LogP contribution is -2.38. The summed E-state index contributed by atoms with van der Waals surface area (Å²) < 4.78 is 0. The van der Waals surface area contributed by atoms with E-state index >= 15 is 0 Å². The van der Waals surface area contributed by atoms with E-state index in [9.17, 15) is 4.79 Å². The Hall–Kier alpha value is -0.830. The minimum atomic E-state index is 0.347. The van der Waals surface area contributed by atoms with Crippen LogP contribution in [0.1, 0.15) is 43.7 Å². The molecular weight excluding hydrogens is 218 g/mol. The number of hydrogen-bond acceptors (Lipinski definition) is 2. The van der Waals surface area contributed by atoms with Crippen LogP contribution in [-0.4, -0.2) is 17.4 Å². The van der Waals surface area contributed by atoms with Gasteiger partial charge in [-0.1, -0.05) is 6.42 Å². The molecule has 1 saturated heterocycles. The second-order valence-corrected chi connectivity index (χ2v) is 5.65. The minimum absolute atomic E-state index is 0.347. The molecule has 1 saturated carbocycles. The molecule has 2 nitrogen and oxygen atoms in total. The Morgan fingerprint density at radius 1 is 1.31 bits per heavy atom. The van der Waals surface area contributed by atoms with Gasteiger partial charge in [0.15, 0.2) is 0 Å². The predicted octanol–water partition coefficient (Wildman–Crippen LogP) is 3.21. The lowest BCUT2D eigenvalue weighted by Gasteiger charge is -2.32. The number of amides is 1. The number of carbonyl (C=O) groups excluding carboxylic acids is 1. The summed E-state index contributed by atoms with van der Waals surface area (Å²) >= 11 is 1.73. The van der Waals surface area contributed by atoms with Crippen molar-refractivity contribution in [2.45, 2.75) is 38.1 Å². The summed E-state index contributed by atoms with van der Waals surface area (Å²) in [6, 6.07) is 2.54. The molecule has 16 heavy (non-hydrogen) atoms. The third kappa shape index (κ3) is 1.67. The van der Waals surface area contributed by atoms with Crippen molar-refractivity contribution in [1.29, 1.82) is 0 Å². The molecule has 1 aliphatic carbocycles. The minimum Gasteiger partial charge on any atom is -0.335 e. The van der Waals surface area contributed by atoms with Gasteiger partial charge in [-0.15, -0.1) is 0 Å². The SMILES string of the molecule is O=C(C1CCC1)N1CCCC1c1ccsc1. The maximum absolute atomic E-state index is 12.3. The van der Waals surface area contributed by atoms with Gasteiger partial charge < -0.3 is 4.90 Å². The van der Waals surface area contributed by atoms with E-state index in [0.717, 1.165) is 25.8 Å². The van der Waals surface area contributed by atoms with Gasteiger partial charge in [0.2, 0.25) is 5.91 Å². The highest BCUT2D eigenvalue weighted by Crippen LogP contribution is 2.37. The average molecular weight is 235 g/mol. The number of thiophene rings is 1. The lowest BCUT2D eigenvalue weighted by molar-refractivity contribution is -0.139. The van der Waals surface area contributed by atoms with E-state index in [1.807, 2.05) is 0 Å². The van der Waals surface area contributed by atoms with E-state index in [2.05, 4.69) is 21.7 Å². The molecule has 1 amide bonds. The fourth-order valence-electron chi connectivity index (χ4n) is 2.73. The van der Waals surface area contributed by atoms with Crippen LogP contribution in [0.3, 0.4) is 0 Å². The summed E-state index contributed by atoms with van der Waals surface area (Å²) in [5, 5.41) is 4.30. The second-order valence-electron chi connectivity index (χ2n) is 4.87. The maximum Gasteiger partial charge on any atom is 0.226 e. The molecule has 2 heterocycles. The Balaban J connectivity index is 1.76. The summed E-state index contributed by atoms with van der Waals surface area (Å²) in [5.41, 5.74) is 1.34. The van der Waals surface area contributed by atoms with Gasteiger partial charge in [-0.25, -0.2) is 0 Å². The smallest absolute Gasteiger partial charge is 0.226 e. The molecule has 3 rings (SSSR count). The van der Waals surface area contributed by atoms with E-state index in [-0.39, 0.29) is 0 Å². The normalized spacial score (nSPS) is 25.8. The van der Waals surface area contributed by atoms with E-state index in [1.165, 1.54) is 18.4 Å². The zero-order valence-corrected chi connectivity index (χ0v) is 10.2. The van der Waals surface area contributed by atoms with Gasteiger partial charge in [0.05, 0.1) is 6.04 Å². The van der Waals surface area contributed by atoms with Gasteiger partial charge >= 0.3 is 0 Å². The monoisotopic (exact) mass is 235 g/mol. The molecule has 0 spiro atoms. The van der Waals surface area contributed by atoms with E-state index in [0.29, 0.717) is 17.9 Å². The molecule has 2 fully saturated rings. The molecule has 1 aromatic heterocycles. The quantitative estimate of drug-likeness (QED) is 0.770. The molecule has 1 unspecified atom stereocenters. The van der Waals surface area contributed by atoms with Gasteiger partial charge in [-0.3, -0.25) is 4.79 Å². The highest BCUT2D eigenvalue weighted by atomic mass is 32.1. The third-order valence-electron chi connectivity index (χ3n) is 3.92. The number of nitrogens with zero attached hydrogens (tertiary/aromatic N) is 1. The van der Waals surface area contributed by atoms with Crippen molar-refractivity contribution >= 4 is 17.2 Å². The largest absolute Gasteiger partial charge is 0.335 e. The summed E-state index contributed by atoms with van der Waals surface area (Å²) in [7, 11) is 0. The van der Waals surface area contributed by atoms with Gasteiger partial charge in [-0.2, -0.15) is 11.3 Å². The summed E-state index contributed by atoms with van der Waals surface area (Å²) in [6.45, 7) is 0.968. The predicted molar refractivity (Wildman–Crippen MR) is 65.3 cm³/mol. The molecule has 3 heteroatoms. The van der Waals surface area contributed by atoms with Crippen molar-refractivity contribution < 1.29 is 4.79 Å². The molecule has 0 radical (unpaired) electrons. The first-order valence-corrected chi connectivity index (χ1v) is 7.13. The number of rotatable bonds is 2. The highest BCUT2D eigenvalue weighted by Gasteiger charge is 2.36. The van der Waals surface area contributed by atoms with Crippen LogP contribution in [0.4, 0.5) is 0 Å². The molecule has 2 aliphatic rings. The first-order valence-electron chi connectivity index (χ1n) is 6.19. The first-order chi connectivity index (χ1) is 7.86. The molecule has 0 bridgehead atoms. The Bertz CT molecular complexity index is 369. The van der Waals surface area contributed by atoms with Crippen LogP contribution in [0.25, 0.3) is 0 Å². The maximum atomic E-state index is 12.3. The molecule has 1 aromatic rings. The Kier molecular flexibility index (Phi) is 2.72. The zero-order valence-electron chi connectivity index (χ0n) is 9.39. The topological polar surface area (TPSA) is 20.3 Å². The highest BCUT2D eigenvalue weighted by molar-refractivity contribution is 7.07. The molecular formula is C13H17NOS. The van der Waals surface area contributed by atoms with Gasteiger partial charge in [0, 0.05) is 12.5 Å². The summed E-state index contributed by atoms with van der Waals surface area (Å²) in [6.07, 6.45) is 5.79. The van der Waals surface area contributed by atoms with Gasteiger partial charge in [0.1, 0.15) is 0 Å². The number of hydrogen-bond donors (Lipinski definition) is 0. The van der Waals surface area contributed by atoms with Crippen molar-refractivity contribution in [3.05, 3.63) is 22.4 Å². The van der Waals surface area contributed by atoms with Crippen LogP contribution in [-0.2, 0) is 4.79 Å². The molecule has 0 aromatic carbocycles. The molecule has 0 N–H and O–H groups in total. The summed E-state index contributed by atoms with van der Waals surface area (Å²) in [4.78, 5) is 14.4. The van der Waals surface area contributed by atoms with Crippen molar-refractivity contribution in [1.82, 2.24) is 4.90 Å². The van der Waals surface area contributed by atoms with Gasteiger partial charge in [0.25, 0.3) is 0 Å². The van der Waals surface area contributed by atoms with Crippen molar-refractivity contribution in [3.63, 3.8) is 0 Å². The number of likely N-dealkylation sites (tertiary alicyclic amines) is 1. The fourth-order valence-corrected chi connectivity index (χ4v) is 3.44. The van der Waals surface area contributed by atoms with E-state index in [1.54, 1.807) is 11.3 Å². The van der Waals surface area contributed by atoms with Crippen molar-refractivity contribution in [2.75, 3.05) is 6.54 Å².